The Kier molecular flexibility index (Phi) is 3.98. The van der Waals surface area contributed by atoms with Crippen LogP contribution in [0.25, 0.3) is 0 Å². The lowest BCUT2D eigenvalue weighted by Gasteiger charge is -2.15. The molecule has 0 fully saturated rings. The predicted octanol–water partition coefficient (Wildman–Crippen LogP) is 3.50. The van der Waals surface area contributed by atoms with E-state index in [0.29, 0.717) is 15.8 Å². The number of furan rings is 1. The highest BCUT2D eigenvalue weighted by molar-refractivity contribution is 9.10. The van der Waals surface area contributed by atoms with Crippen molar-refractivity contribution in [1.29, 1.82) is 0 Å². The van der Waals surface area contributed by atoms with E-state index in [9.17, 15) is 4.39 Å². The lowest BCUT2D eigenvalue weighted by molar-refractivity contribution is 0.438. The summed E-state index contributed by atoms with van der Waals surface area (Å²) in [5.41, 5.74) is 2.96. The number of hydrogen-bond acceptors (Lipinski definition) is 3. The Morgan fingerprint density at radius 1 is 1.24 bits per heavy atom. The van der Waals surface area contributed by atoms with Crippen LogP contribution >= 0.6 is 31.9 Å². The van der Waals surface area contributed by atoms with Crippen LogP contribution in [0.4, 0.5) is 4.39 Å². The smallest absolute Gasteiger partial charge is 0.142 e. The number of halogens is 3. The molecule has 3 N–H and O–H groups in total. The molecule has 0 amide bonds. The van der Waals surface area contributed by atoms with Gasteiger partial charge in [0, 0.05) is 5.56 Å². The largest absolute Gasteiger partial charge is 0.466 e. The highest BCUT2D eigenvalue weighted by Gasteiger charge is 2.22. The number of hydrazine groups is 1. The van der Waals surface area contributed by atoms with Crippen LogP contribution in [0.3, 0.4) is 0 Å². The van der Waals surface area contributed by atoms with Gasteiger partial charge in [-0.2, -0.15) is 0 Å². The molecule has 6 heteroatoms. The fourth-order valence-corrected chi connectivity index (χ4v) is 2.37. The van der Waals surface area contributed by atoms with Crippen molar-refractivity contribution >= 4 is 31.9 Å². The predicted molar refractivity (Wildman–Crippen MR) is 69.7 cm³/mol. The Balaban J connectivity index is 2.50. The van der Waals surface area contributed by atoms with Crippen molar-refractivity contribution < 1.29 is 8.81 Å². The van der Waals surface area contributed by atoms with Crippen molar-refractivity contribution in [2.45, 2.75) is 6.04 Å². The SMILES string of the molecule is NNC(c1cccc(Br)c1F)c1occc1Br. The Hall–Kier alpha value is -0.690. The Morgan fingerprint density at radius 2 is 2.00 bits per heavy atom. The minimum absolute atomic E-state index is 0.362. The average Bonchev–Trinajstić information content (AvgIpc) is 2.72. The molecule has 2 rings (SSSR count). The van der Waals surface area contributed by atoms with Gasteiger partial charge in [-0.25, -0.2) is 9.82 Å². The summed E-state index contributed by atoms with van der Waals surface area (Å²) in [6, 6.07) is 6.21. The molecule has 0 aliphatic carbocycles. The fraction of sp³-hybridized carbons (Fsp3) is 0.0909. The number of hydrogen-bond donors (Lipinski definition) is 2. The molecule has 1 unspecified atom stereocenters. The van der Waals surface area contributed by atoms with E-state index in [1.54, 1.807) is 24.3 Å². The molecule has 1 aromatic carbocycles. The summed E-state index contributed by atoms with van der Waals surface area (Å²) in [6.45, 7) is 0. The zero-order valence-corrected chi connectivity index (χ0v) is 11.8. The Morgan fingerprint density at radius 3 is 2.59 bits per heavy atom. The maximum Gasteiger partial charge on any atom is 0.142 e. The zero-order chi connectivity index (χ0) is 12.4. The van der Waals surface area contributed by atoms with Crippen LogP contribution in [0, 0.1) is 5.82 Å². The Labute approximate surface area is 114 Å². The van der Waals surface area contributed by atoms with Gasteiger partial charge >= 0.3 is 0 Å². The first-order chi connectivity index (χ1) is 8.15. The summed E-state index contributed by atoms with van der Waals surface area (Å²) in [4.78, 5) is 0. The Bertz CT molecular complexity index is 530. The fourth-order valence-electron chi connectivity index (χ4n) is 1.56. The minimum atomic E-state index is -0.545. The maximum absolute atomic E-state index is 14.0. The topological polar surface area (TPSA) is 51.2 Å². The quantitative estimate of drug-likeness (QED) is 0.648. The molecule has 0 saturated carbocycles. The van der Waals surface area contributed by atoms with Gasteiger partial charge in [-0.15, -0.1) is 0 Å². The van der Waals surface area contributed by atoms with Crippen LogP contribution in [0.5, 0.6) is 0 Å². The van der Waals surface area contributed by atoms with E-state index in [-0.39, 0.29) is 5.82 Å². The maximum atomic E-state index is 14.0. The summed E-state index contributed by atoms with van der Waals surface area (Å²) in [5.74, 6) is 5.64. The van der Waals surface area contributed by atoms with Gasteiger partial charge in [-0.3, -0.25) is 5.84 Å². The number of benzene rings is 1. The third kappa shape index (κ3) is 2.44. The summed E-state index contributed by atoms with van der Waals surface area (Å²) >= 11 is 6.46. The molecule has 0 spiro atoms. The molecular formula is C11H9Br2FN2O. The molecule has 0 aliphatic heterocycles. The van der Waals surface area contributed by atoms with Crippen LogP contribution in [0.2, 0.25) is 0 Å². The number of nitrogens with two attached hydrogens (primary N) is 1. The van der Waals surface area contributed by atoms with Gasteiger partial charge < -0.3 is 4.42 Å². The normalized spacial score (nSPS) is 12.7. The summed E-state index contributed by atoms with van der Waals surface area (Å²) in [5, 5.41) is 0. The monoisotopic (exact) mass is 362 g/mol. The second-order valence-corrected chi connectivity index (χ2v) is 5.08. The summed E-state index contributed by atoms with van der Waals surface area (Å²) < 4.78 is 20.4. The van der Waals surface area contributed by atoms with E-state index in [1.807, 2.05) is 0 Å². The van der Waals surface area contributed by atoms with Crippen LogP contribution in [-0.4, -0.2) is 0 Å². The molecule has 17 heavy (non-hydrogen) atoms. The third-order valence-corrected chi connectivity index (χ3v) is 3.63. The summed E-state index contributed by atoms with van der Waals surface area (Å²) in [7, 11) is 0. The van der Waals surface area contributed by atoms with Crippen LogP contribution in [0.1, 0.15) is 17.4 Å². The third-order valence-electron chi connectivity index (χ3n) is 2.37. The van der Waals surface area contributed by atoms with Crippen molar-refractivity contribution in [1.82, 2.24) is 5.43 Å². The molecule has 0 radical (unpaired) electrons. The van der Waals surface area contributed by atoms with Crippen molar-refractivity contribution in [3.8, 4) is 0 Å². The molecule has 0 saturated heterocycles. The van der Waals surface area contributed by atoms with Gasteiger partial charge in [-0.05, 0) is 44.0 Å². The van der Waals surface area contributed by atoms with E-state index in [4.69, 9.17) is 10.3 Å². The molecule has 0 bridgehead atoms. The lowest BCUT2D eigenvalue weighted by atomic mass is 10.0. The average molecular weight is 364 g/mol. The van der Waals surface area contributed by atoms with Crippen molar-refractivity contribution in [3.05, 3.63) is 56.6 Å². The molecule has 1 atom stereocenters. The van der Waals surface area contributed by atoms with Gasteiger partial charge in [0.15, 0.2) is 0 Å². The van der Waals surface area contributed by atoms with Gasteiger partial charge in [0.05, 0.1) is 15.2 Å². The summed E-state index contributed by atoms with van der Waals surface area (Å²) in [6.07, 6.45) is 1.51. The second kappa shape index (κ2) is 5.30. The molecule has 0 aliphatic rings. The van der Waals surface area contributed by atoms with Gasteiger partial charge in [0.1, 0.15) is 17.6 Å². The highest BCUT2D eigenvalue weighted by atomic mass is 79.9. The van der Waals surface area contributed by atoms with Crippen molar-refractivity contribution in [2.24, 2.45) is 5.84 Å². The van der Waals surface area contributed by atoms with E-state index >= 15 is 0 Å². The first kappa shape index (κ1) is 12.8. The van der Waals surface area contributed by atoms with Crippen LogP contribution < -0.4 is 11.3 Å². The molecule has 90 valence electrons. The van der Waals surface area contributed by atoms with Crippen molar-refractivity contribution in [2.75, 3.05) is 0 Å². The van der Waals surface area contributed by atoms with Crippen molar-refractivity contribution in [3.63, 3.8) is 0 Å². The van der Waals surface area contributed by atoms with Crippen LogP contribution in [0.15, 0.2) is 43.9 Å². The van der Waals surface area contributed by atoms with E-state index in [1.165, 1.54) is 6.26 Å². The van der Waals surface area contributed by atoms with Crippen LogP contribution in [-0.2, 0) is 0 Å². The number of nitrogens with one attached hydrogen (secondary N) is 1. The van der Waals surface area contributed by atoms with E-state index < -0.39 is 6.04 Å². The van der Waals surface area contributed by atoms with Gasteiger partial charge in [0.2, 0.25) is 0 Å². The lowest BCUT2D eigenvalue weighted by Crippen LogP contribution is -2.29. The zero-order valence-electron chi connectivity index (χ0n) is 8.58. The second-order valence-electron chi connectivity index (χ2n) is 3.38. The highest BCUT2D eigenvalue weighted by Crippen LogP contribution is 2.32. The molecule has 2 aromatic rings. The minimum Gasteiger partial charge on any atom is -0.466 e. The van der Waals surface area contributed by atoms with Gasteiger partial charge in [0.25, 0.3) is 0 Å². The van der Waals surface area contributed by atoms with Gasteiger partial charge in [-0.1, -0.05) is 12.1 Å². The molecule has 1 heterocycles. The molecule has 1 aromatic heterocycles. The molecular weight excluding hydrogens is 355 g/mol. The first-order valence-electron chi connectivity index (χ1n) is 4.78. The molecule has 3 nitrogen and oxygen atoms in total. The number of rotatable bonds is 3. The standard InChI is InChI=1S/C11H9Br2FN2O/c12-7-3-1-2-6(9(7)14)10(16-15)11-8(13)4-5-17-11/h1-5,10,16H,15H2. The first-order valence-corrected chi connectivity index (χ1v) is 6.36. The van der Waals surface area contributed by atoms with E-state index in [2.05, 4.69) is 37.3 Å². The van der Waals surface area contributed by atoms with E-state index in [0.717, 1.165) is 4.47 Å².